The van der Waals surface area contributed by atoms with Gasteiger partial charge in [0.2, 0.25) is 5.91 Å². The van der Waals surface area contributed by atoms with E-state index in [1.807, 2.05) is 0 Å². The molecule has 0 aliphatic carbocycles. The Morgan fingerprint density at radius 1 is 1.21 bits per heavy atom. The molecular weight excluding hydrogens is 403 g/mol. The summed E-state index contributed by atoms with van der Waals surface area (Å²) in [5.74, 6) is -2.43. The second kappa shape index (κ2) is 8.32. The lowest BCUT2D eigenvalue weighted by Crippen LogP contribution is -2.36. The minimum atomic E-state index is -1.11. The molecule has 0 saturated carbocycles. The molecule has 2 aromatic carbocycles. The first kappa shape index (κ1) is 19.7. The smallest absolute Gasteiger partial charge is 0.335 e. The third-order valence-electron chi connectivity index (χ3n) is 3.74. The summed E-state index contributed by atoms with van der Waals surface area (Å²) in [6, 6.07) is 11.4. The number of thioether (sulfide) groups is 1. The second-order valence-corrected chi connectivity index (χ2v) is 7.43. The van der Waals surface area contributed by atoms with Crippen molar-refractivity contribution in [3.05, 3.63) is 70.4 Å². The van der Waals surface area contributed by atoms with Crippen LogP contribution in [0.3, 0.4) is 0 Å². The van der Waals surface area contributed by atoms with Gasteiger partial charge in [0, 0.05) is 5.69 Å². The van der Waals surface area contributed by atoms with Gasteiger partial charge < -0.3 is 10.4 Å². The van der Waals surface area contributed by atoms with E-state index >= 15 is 0 Å². The first-order valence-electron chi connectivity index (χ1n) is 7.97. The zero-order valence-electron chi connectivity index (χ0n) is 14.2. The molecule has 9 heteroatoms. The van der Waals surface area contributed by atoms with Crippen molar-refractivity contribution in [2.75, 3.05) is 11.9 Å². The SMILES string of the molecule is O=C(CN1C(=O)/C(=C/c2ccc(F)cc2)SC1=S)Nc1cccc(C(=O)O)c1. The molecule has 0 aromatic heterocycles. The fraction of sp³-hybridized carbons (Fsp3) is 0.0526. The summed E-state index contributed by atoms with van der Waals surface area (Å²) in [7, 11) is 0. The summed E-state index contributed by atoms with van der Waals surface area (Å²) in [6.07, 6.45) is 1.58. The zero-order valence-corrected chi connectivity index (χ0v) is 15.8. The molecule has 0 spiro atoms. The summed E-state index contributed by atoms with van der Waals surface area (Å²) in [5, 5.41) is 11.5. The number of halogens is 1. The first-order chi connectivity index (χ1) is 13.3. The van der Waals surface area contributed by atoms with Crippen LogP contribution in [-0.2, 0) is 9.59 Å². The van der Waals surface area contributed by atoms with Crippen LogP contribution in [0.2, 0.25) is 0 Å². The molecule has 2 amide bonds. The Kier molecular flexibility index (Phi) is 5.86. The third kappa shape index (κ3) is 4.62. The maximum absolute atomic E-state index is 13.0. The number of thiocarbonyl (C=S) groups is 1. The Balaban J connectivity index is 1.68. The number of carboxylic acids is 1. The Hall–Kier alpha value is -3.04. The first-order valence-corrected chi connectivity index (χ1v) is 9.20. The fourth-order valence-electron chi connectivity index (χ4n) is 2.42. The number of nitrogens with one attached hydrogen (secondary N) is 1. The number of carbonyl (C=O) groups is 3. The van der Waals surface area contributed by atoms with Gasteiger partial charge in [0.1, 0.15) is 16.7 Å². The molecule has 0 atom stereocenters. The number of amides is 2. The van der Waals surface area contributed by atoms with Gasteiger partial charge in [-0.1, -0.05) is 42.2 Å². The van der Waals surface area contributed by atoms with Crippen LogP contribution in [0.25, 0.3) is 6.08 Å². The van der Waals surface area contributed by atoms with Gasteiger partial charge in [0.05, 0.1) is 10.5 Å². The number of benzene rings is 2. The number of hydrogen-bond acceptors (Lipinski definition) is 5. The molecule has 0 radical (unpaired) electrons. The molecule has 0 bridgehead atoms. The van der Waals surface area contributed by atoms with Gasteiger partial charge in [0.25, 0.3) is 5.91 Å². The molecule has 1 saturated heterocycles. The highest BCUT2D eigenvalue weighted by molar-refractivity contribution is 8.26. The standard InChI is InChI=1S/C19H13FN2O4S2/c20-13-6-4-11(5-7-13)8-15-17(24)22(19(27)28-15)10-16(23)21-14-3-1-2-12(9-14)18(25)26/h1-9H,10H2,(H,21,23)(H,25,26)/b15-8-. The molecule has 6 nitrogen and oxygen atoms in total. The lowest BCUT2D eigenvalue weighted by atomic mass is 10.2. The molecule has 2 aromatic rings. The summed E-state index contributed by atoms with van der Waals surface area (Å²) < 4.78 is 13.2. The fourth-order valence-corrected chi connectivity index (χ4v) is 3.68. The second-order valence-electron chi connectivity index (χ2n) is 5.75. The maximum atomic E-state index is 13.0. The van der Waals surface area contributed by atoms with Crippen LogP contribution in [0, 0.1) is 5.82 Å². The van der Waals surface area contributed by atoms with E-state index in [-0.39, 0.29) is 22.2 Å². The van der Waals surface area contributed by atoms with Gasteiger partial charge in [-0.05, 0) is 42.0 Å². The highest BCUT2D eigenvalue weighted by atomic mass is 32.2. The van der Waals surface area contributed by atoms with Crippen molar-refractivity contribution in [1.82, 2.24) is 4.90 Å². The number of carboxylic acid groups (broad SMARTS) is 1. The molecule has 2 N–H and O–H groups in total. The van der Waals surface area contributed by atoms with Gasteiger partial charge >= 0.3 is 5.97 Å². The largest absolute Gasteiger partial charge is 0.478 e. The summed E-state index contributed by atoms with van der Waals surface area (Å²) in [5.41, 5.74) is 0.972. The van der Waals surface area contributed by atoms with Crippen molar-refractivity contribution in [2.45, 2.75) is 0 Å². The summed E-state index contributed by atoms with van der Waals surface area (Å²) >= 11 is 6.23. The molecule has 1 aliphatic rings. The molecule has 28 heavy (non-hydrogen) atoms. The molecule has 142 valence electrons. The van der Waals surface area contributed by atoms with E-state index in [0.29, 0.717) is 16.2 Å². The predicted molar refractivity (Wildman–Crippen MR) is 108 cm³/mol. The highest BCUT2D eigenvalue weighted by Crippen LogP contribution is 2.32. The van der Waals surface area contributed by atoms with E-state index in [9.17, 15) is 18.8 Å². The van der Waals surface area contributed by atoms with Crippen LogP contribution in [-0.4, -0.2) is 38.7 Å². The number of anilines is 1. The Labute approximate surface area is 169 Å². The van der Waals surface area contributed by atoms with E-state index < -0.39 is 17.8 Å². The highest BCUT2D eigenvalue weighted by Gasteiger charge is 2.33. The Bertz CT molecular complexity index is 1010. The molecule has 3 rings (SSSR count). The van der Waals surface area contributed by atoms with E-state index in [1.54, 1.807) is 12.1 Å². The minimum Gasteiger partial charge on any atom is -0.478 e. The van der Waals surface area contributed by atoms with Crippen LogP contribution in [0.5, 0.6) is 0 Å². The van der Waals surface area contributed by atoms with Gasteiger partial charge in [-0.3, -0.25) is 14.5 Å². The van der Waals surface area contributed by atoms with Crippen molar-refractivity contribution in [3.63, 3.8) is 0 Å². The quantitative estimate of drug-likeness (QED) is 0.574. The summed E-state index contributed by atoms with van der Waals surface area (Å²) in [4.78, 5) is 37.3. The Morgan fingerprint density at radius 2 is 1.93 bits per heavy atom. The third-order valence-corrected chi connectivity index (χ3v) is 5.11. The lowest BCUT2D eigenvalue weighted by Gasteiger charge is -2.14. The van der Waals surface area contributed by atoms with E-state index in [0.717, 1.165) is 16.7 Å². The topological polar surface area (TPSA) is 86.7 Å². The average molecular weight is 416 g/mol. The average Bonchev–Trinajstić information content (AvgIpc) is 2.91. The van der Waals surface area contributed by atoms with Gasteiger partial charge in [-0.2, -0.15) is 0 Å². The van der Waals surface area contributed by atoms with Gasteiger partial charge in [-0.15, -0.1) is 0 Å². The Morgan fingerprint density at radius 3 is 2.61 bits per heavy atom. The monoisotopic (exact) mass is 416 g/mol. The van der Waals surface area contributed by atoms with Gasteiger partial charge in [-0.25, -0.2) is 9.18 Å². The molecule has 1 aliphatic heterocycles. The predicted octanol–water partition coefficient (Wildman–Crippen LogP) is 3.36. The van der Waals surface area contributed by atoms with Crippen LogP contribution < -0.4 is 5.32 Å². The minimum absolute atomic E-state index is 0.0330. The molecule has 0 unspecified atom stereocenters. The normalized spacial score (nSPS) is 15.2. The number of rotatable bonds is 5. The molecular formula is C19H13FN2O4S2. The van der Waals surface area contributed by atoms with Gasteiger partial charge in [0.15, 0.2) is 0 Å². The number of hydrogen-bond donors (Lipinski definition) is 2. The van der Waals surface area contributed by atoms with E-state index in [1.165, 1.54) is 42.5 Å². The van der Waals surface area contributed by atoms with Crippen LogP contribution in [0.15, 0.2) is 53.4 Å². The van der Waals surface area contributed by atoms with Crippen molar-refractivity contribution in [2.24, 2.45) is 0 Å². The number of aromatic carboxylic acids is 1. The molecule has 1 heterocycles. The maximum Gasteiger partial charge on any atom is 0.335 e. The van der Waals surface area contributed by atoms with Crippen LogP contribution >= 0.6 is 24.0 Å². The zero-order chi connectivity index (χ0) is 20.3. The summed E-state index contributed by atoms with van der Waals surface area (Å²) in [6.45, 7) is -0.303. The van der Waals surface area contributed by atoms with E-state index in [2.05, 4.69) is 5.32 Å². The van der Waals surface area contributed by atoms with Crippen molar-refractivity contribution < 1.29 is 23.9 Å². The van der Waals surface area contributed by atoms with Crippen molar-refractivity contribution in [1.29, 1.82) is 0 Å². The molecule has 1 fully saturated rings. The van der Waals surface area contributed by atoms with Crippen LogP contribution in [0.1, 0.15) is 15.9 Å². The number of nitrogens with zero attached hydrogens (tertiary/aromatic N) is 1. The van der Waals surface area contributed by atoms with Crippen molar-refractivity contribution >= 4 is 57.8 Å². The van der Waals surface area contributed by atoms with Crippen LogP contribution in [0.4, 0.5) is 10.1 Å². The lowest BCUT2D eigenvalue weighted by molar-refractivity contribution is -0.126. The van der Waals surface area contributed by atoms with Crippen molar-refractivity contribution in [3.8, 4) is 0 Å². The van der Waals surface area contributed by atoms with E-state index in [4.69, 9.17) is 17.3 Å². The number of carbonyl (C=O) groups excluding carboxylic acids is 2.